The summed E-state index contributed by atoms with van der Waals surface area (Å²) >= 11 is 0. The molecule has 2 fully saturated rings. The number of fused-ring (bicyclic) bond motifs is 1. The summed E-state index contributed by atoms with van der Waals surface area (Å²) in [6.45, 7) is 1.23. The molecule has 1 saturated heterocycles. The fourth-order valence-electron chi connectivity index (χ4n) is 4.48. The van der Waals surface area contributed by atoms with Gasteiger partial charge in [0.15, 0.2) is 0 Å². The quantitative estimate of drug-likeness (QED) is 0.751. The normalized spacial score (nSPS) is 28.0. The van der Waals surface area contributed by atoms with Gasteiger partial charge in [-0.3, -0.25) is 9.59 Å². The van der Waals surface area contributed by atoms with Crippen LogP contribution in [0.25, 0.3) is 0 Å². The molecule has 1 amide bonds. The van der Waals surface area contributed by atoms with Crippen molar-refractivity contribution in [1.82, 2.24) is 10.3 Å². The van der Waals surface area contributed by atoms with Crippen LogP contribution in [0.4, 0.5) is 0 Å². The van der Waals surface area contributed by atoms with E-state index in [9.17, 15) is 14.7 Å². The van der Waals surface area contributed by atoms with E-state index in [2.05, 4.69) is 10.3 Å². The summed E-state index contributed by atoms with van der Waals surface area (Å²) in [7, 11) is 0. The van der Waals surface area contributed by atoms with Gasteiger partial charge in [-0.05, 0) is 56.6 Å². The minimum Gasteiger partial charge on any atom is -0.392 e. The molecule has 0 bridgehead atoms. The second-order valence-corrected chi connectivity index (χ2v) is 7.35. The lowest BCUT2D eigenvalue weighted by molar-refractivity contribution is -0.145. The Morgan fingerprint density at radius 3 is 2.79 bits per heavy atom. The lowest BCUT2D eigenvalue weighted by atomic mass is 9.58. The molecule has 0 radical (unpaired) electrons. The molecule has 1 aliphatic heterocycles. The molecule has 2 aliphatic carbocycles. The molecule has 2 atom stereocenters. The van der Waals surface area contributed by atoms with Gasteiger partial charge in [-0.2, -0.15) is 0 Å². The average Bonchev–Trinajstić information content (AvgIpc) is 2.61. The maximum absolute atomic E-state index is 12.6. The largest absolute Gasteiger partial charge is 0.392 e. The van der Waals surface area contributed by atoms with Crippen molar-refractivity contribution in [2.45, 2.75) is 57.1 Å². The van der Waals surface area contributed by atoms with Crippen LogP contribution in [0.2, 0.25) is 0 Å². The number of H-pyrrole nitrogens is 1. The SMILES string of the molecule is O=C(N[C@@H]1C[C@@H](O)C12CCOCC2)c1cc2c([nH]c1=O)CCCC2. The predicted octanol–water partition coefficient (Wildman–Crippen LogP) is 0.913. The zero-order valence-electron chi connectivity index (χ0n) is 13.8. The Kier molecular flexibility index (Phi) is 3.96. The minimum atomic E-state index is -0.395. The number of nitrogens with one attached hydrogen (secondary N) is 2. The van der Waals surface area contributed by atoms with Gasteiger partial charge < -0.3 is 20.1 Å². The maximum atomic E-state index is 12.6. The minimum absolute atomic E-state index is 0.0840. The number of aliphatic hydroxyl groups excluding tert-OH is 1. The zero-order valence-corrected chi connectivity index (χ0v) is 13.8. The first kappa shape index (κ1) is 15.8. The van der Waals surface area contributed by atoms with E-state index in [4.69, 9.17) is 4.74 Å². The Balaban J connectivity index is 1.53. The van der Waals surface area contributed by atoms with E-state index in [-0.39, 0.29) is 28.5 Å². The number of aryl methyl sites for hydroxylation is 2. The molecule has 6 nitrogen and oxygen atoms in total. The highest BCUT2D eigenvalue weighted by molar-refractivity contribution is 5.94. The number of aromatic nitrogens is 1. The van der Waals surface area contributed by atoms with Gasteiger partial charge in [0.25, 0.3) is 11.5 Å². The molecule has 130 valence electrons. The van der Waals surface area contributed by atoms with Gasteiger partial charge in [0, 0.05) is 30.4 Å². The van der Waals surface area contributed by atoms with E-state index in [1.54, 1.807) is 6.07 Å². The lowest BCUT2D eigenvalue weighted by Gasteiger charge is -2.55. The summed E-state index contributed by atoms with van der Waals surface area (Å²) in [6, 6.07) is 1.67. The van der Waals surface area contributed by atoms with Crippen LogP contribution >= 0.6 is 0 Å². The Labute approximate surface area is 140 Å². The van der Waals surface area contributed by atoms with Crippen LogP contribution in [-0.4, -0.2) is 41.4 Å². The van der Waals surface area contributed by atoms with Gasteiger partial charge in [0.2, 0.25) is 0 Å². The topological polar surface area (TPSA) is 91.4 Å². The summed E-state index contributed by atoms with van der Waals surface area (Å²) in [5.41, 5.74) is 1.66. The number of pyridine rings is 1. The van der Waals surface area contributed by atoms with Gasteiger partial charge >= 0.3 is 0 Å². The van der Waals surface area contributed by atoms with Crippen molar-refractivity contribution < 1.29 is 14.6 Å². The zero-order chi connectivity index (χ0) is 16.7. The third kappa shape index (κ3) is 2.48. The van der Waals surface area contributed by atoms with Crippen molar-refractivity contribution in [3.05, 3.63) is 33.2 Å². The number of hydrogen-bond acceptors (Lipinski definition) is 4. The molecule has 4 rings (SSSR count). The van der Waals surface area contributed by atoms with Gasteiger partial charge in [0.1, 0.15) is 5.56 Å². The summed E-state index contributed by atoms with van der Waals surface area (Å²) in [4.78, 5) is 27.8. The summed E-state index contributed by atoms with van der Waals surface area (Å²) in [5, 5.41) is 13.2. The van der Waals surface area contributed by atoms with Crippen LogP contribution in [0.3, 0.4) is 0 Å². The van der Waals surface area contributed by atoms with Crippen molar-refractivity contribution in [3.8, 4) is 0 Å². The van der Waals surface area contributed by atoms with Crippen LogP contribution in [0.15, 0.2) is 10.9 Å². The van der Waals surface area contributed by atoms with Crippen molar-refractivity contribution in [1.29, 1.82) is 0 Å². The molecular formula is C18H24N2O4. The van der Waals surface area contributed by atoms with E-state index in [0.29, 0.717) is 19.6 Å². The number of aliphatic hydroxyl groups is 1. The standard InChI is InChI=1S/C18H24N2O4/c21-15-10-14(18(15)5-7-24-8-6-18)20-17(23)12-9-11-3-1-2-4-13(11)19-16(12)22/h9,14-15,21H,1-8,10H2,(H,19,22)(H,20,23)/t14-,15-/m1/s1. The fourth-order valence-corrected chi connectivity index (χ4v) is 4.48. The van der Waals surface area contributed by atoms with Crippen LogP contribution in [0.5, 0.6) is 0 Å². The van der Waals surface area contributed by atoms with Gasteiger partial charge in [0.05, 0.1) is 6.10 Å². The lowest BCUT2D eigenvalue weighted by Crippen LogP contribution is -2.65. The van der Waals surface area contributed by atoms with E-state index in [1.165, 1.54) is 0 Å². The molecule has 1 aromatic heterocycles. The monoisotopic (exact) mass is 332 g/mol. The van der Waals surface area contributed by atoms with Crippen LogP contribution in [0.1, 0.15) is 53.7 Å². The molecule has 1 spiro atoms. The fraction of sp³-hybridized carbons (Fsp3) is 0.667. The number of aromatic amines is 1. The molecular weight excluding hydrogens is 308 g/mol. The Bertz CT molecular complexity index is 705. The third-order valence-corrected chi connectivity index (χ3v) is 6.13. The molecule has 1 saturated carbocycles. The number of ether oxygens (including phenoxy) is 1. The Morgan fingerprint density at radius 1 is 1.29 bits per heavy atom. The highest BCUT2D eigenvalue weighted by atomic mass is 16.5. The van der Waals surface area contributed by atoms with E-state index < -0.39 is 6.10 Å². The van der Waals surface area contributed by atoms with Crippen molar-refractivity contribution in [3.63, 3.8) is 0 Å². The molecule has 6 heteroatoms. The van der Waals surface area contributed by atoms with Gasteiger partial charge in [-0.25, -0.2) is 0 Å². The first-order valence-electron chi connectivity index (χ1n) is 8.92. The highest BCUT2D eigenvalue weighted by Gasteiger charge is 2.55. The number of carbonyl (C=O) groups excluding carboxylic acids is 1. The number of amides is 1. The van der Waals surface area contributed by atoms with E-state index in [1.807, 2.05) is 0 Å². The summed E-state index contributed by atoms with van der Waals surface area (Å²) in [6.07, 6.45) is 5.62. The highest BCUT2D eigenvalue weighted by Crippen LogP contribution is 2.49. The molecule has 3 N–H and O–H groups in total. The van der Waals surface area contributed by atoms with E-state index in [0.717, 1.165) is 49.8 Å². The smallest absolute Gasteiger partial charge is 0.261 e. The number of carbonyl (C=O) groups is 1. The van der Waals surface area contributed by atoms with Crippen molar-refractivity contribution in [2.75, 3.05) is 13.2 Å². The maximum Gasteiger partial charge on any atom is 0.261 e. The summed E-state index contributed by atoms with van der Waals surface area (Å²) in [5.74, 6) is -0.326. The Morgan fingerprint density at radius 2 is 2.04 bits per heavy atom. The molecule has 2 heterocycles. The van der Waals surface area contributed by atoms with Gasteiger partial charge in [-0.1, -0.05) is 0 Å². The van der Waals surface area contributed by atoms with Crippen LogP contribution < -0.4 is 10.9 Å². The number of hydrogen-bond donors (Lipinski definition) is 3. The van der Waals surface area contributed by atoms with Crippen molar-refractivity contribution in [2.24, 2.45) is 5.41 Å². The molecule has 0 unspecified atom stereocenters. The Hall–Kier alpha value is -1.66. The average molecular weight is 332 g/mol. The van der Waals surface area contributed by atoms with Gasteiger partial charge in [-0.15, -0.1) is 0 Å². The second kappa shape index (κ2) is 6.01. The molecule has 1 aromatic rings. The van der Waals surface area contributed by atoms with E-state index >= 15 is 0 Å². The second-order valence-electron chi connectivity index (χ2n) is 7.35. The first-order chi connectivity index (χ1) is 11.6. The predicted molar refractivity (Wildman–Crippen MR) is 88.1 cm³/mol. The summed E-state index contributed by atoms with van der Waals surface area (Å²) < 4.78 is 5.39. The van der Waals surface area contributed by atoms with Crippen LogP contribution in [-0.2, 0) is 17.6 Å². The van der Waals surface area contributed by atoms with Crippen LogP contribution in [0, 0.1) is 5.41 Å². The van der Waals surface area contributed by atoms with Crippen molar-refractivity contribution >= 4 is 5.91 Å². The molecule has 0 aromatic carbocycles. The molecule has 3 aliphatic rings. The number of rotatable bonds is 2. The molecule has 24 heavy (non-hydrogen) atoms. The third-order valence-electron chi connectivity index (χ3n) is 6.13. The first-order valence-corrected chi connectivity index (χ1v) is 8.92.